The Morgan fingerprint density at radius 3 is 2.57 bits per heavy atom. The van der Waals surface area contributed by atoms with Crippen LogP contribution in [-0.2, 0) is 0 Å². The molecule has 1 rings (SSSR count). The van der Waals surface area contributed by atoms with Gasteiger partial charge in [-0.2, -0.15) is 0 Å². The first-order valence-electron chi connectivity index (χ1n) is 2.68. The van der Waals surface area contributed by atoms with Gasteiger partial charge in [-0.05, 0) is 19.3 Å². The molecule has 0 heterocycles. The SMILES string of the molecule is ClC1CC=CCC1. The Labute approximate surface area is 49.2 Å². The molecule has 0 saturated heterocycles. The lowest BCUT2D eigenvalue weighted by Crippen LogP contribution is -1.98. The molecule has 1 aliphatic carbocycles. The van der Waals surface area contributed by atoms with E-state index in [1.807, 2.05) is 0 Å². The summed E-state index contributed by atoms with van der Waals surface area (Å²) in [5, 5.41) is 0.421. The zero-order valence-corrected chi connectivity index (χ0v) is 4.99. The molecule has 0 N–H and O–H groups in total. The van der Waals surface area contributed by atoms with Gasteiger partial charge in [0.1, 0.15) is 0 Å². The van der Waals surface area contributed by atoms with Crippen LogP contribution in [0, 0.1) is 0 Å². The van der Waals surface area contributed by atoms with Gasteiger partial charge in [-0.25, -0.2) is 0 Å². The van der Waals surface area contributed by atoms with E-state index < -0.39 is 0 Å². The Morgan fingerprint density at radius 1 is 1.43 bits per heavy atom. The monoisotopic (exact) mass is 116 g/mol. The van der Waals surface area contributed by atoms with Crippen molar-refractivity contribution in [3.63, 3.8) is 0 Å². The summed E-state index contributed by atoms with van der Waals surface area (Å²) in [7, 11) is 0. The summed E-state index contributed by atoms with van der Waals surface area (Å²) in [5.74, 6) is 0. The van der Waals surface area contributed by atoms with Gasteiger partial charge in [0.25, 0.3) is 0 Å². The van der Waals surface area contributed by atoms with Gasteiger partial charge >= 0.3 is 0 Å². The van der Waals surface area contributed by atoms with Crippen molar-refractivity contribution in [2.24, 2.45) is 0 Å². The van der Waals surface area contributed by atoms with Crippen molar-refractivity contribution < 1.29 is 0 Å². The molecule has 0 fully saturated rings. The Bertz CT molecular complexity index is 76.2. The van der Waals surface area contributed by atoms with E-state index in [-0.39, 0.29) is 0 Å². The molecule has 1 unspecified atom stereocenters. The highest BCUT2D eigenvalue weighted by Gasteiger charge is 2.02. The predicted molar refractivity (Wildman–Crippen MR) is 32.6 cm³/mol. The van der Waals surface area contributed by atoms with Crippen LogP contribution in [0.3, 0.4) is 0 Å². The maximum absolute atomic E-state index is 5.77. The molecule has 0 saturated carbocycles. The van der Waals surface area contributed by atoms with Gasteiger partial charge in [0.15, 0.2) is 0 Å². The van der Waals surface area contributed by atoms with Gasteiger partial charge in [-0.1, -0.05) is 12.2 Å². The fourth-order valence-electron chi connectivity index (χ4n) is 0.757. The summed E-state index contributed by atoms with van der Waals surface area (Å²) in [4.78, 5) is 0. The van der Waals surface area contributed by atoms with Crippen LogP contribution < -0.4 is 0 Å². The van der Waals surface area contributed by atoms with E-state index in [0.717, 1.165) is 12.8 Å². The van der Waals surface area contributed by atoms with Crippen molar-refractivity contribution in [3.8, 4) is 0 Å². The van der Waals surface area contributed by atoms with E-state index in [2.05, 4.69) is 12.2 Å². The van der Waals surface area contributed by atoms with Gasteiger partial charge in [0.05, 0.1) is 0 Å². The molecule has 0 radical (unpaired) electrons. The summed E-state index contributed by atoms with van der Waals surface area (Å²) in [5.41, 5.74) is 0. The third-order valence-electron chi connectivity index (χ3n) is 1.21. The molecule has 0 aliphatic heterocycles. The van der Waals surface area contributed by atoms with Crippen LogP contribution in [0.25, 0.3) is 0 Å². The fourth-order valence-corrected chi connectivity index (χ4v) is 0.986. The lowest BCUT2D eigenvalue weighted by atomic mass is 10.1. The molecular weight excluding hydrogens is 108 g/mol. The Kier molecular flexibility index (Phi) is 1.75. The van der Waals surface area contributed by atoms with Crippen molar-refractivity contribution in [3.05, 3.63) is 12.2 Å². The van der Waals surface area contributed by atoms with E-state index in [0.29, 0.717) is 5.38 Å². The maximum atomic E-state index is 5.77. The van der Waals surface area contributed by atoms with Crippen LogP contribution in [0.4, 0.5) is 0 Å². The third kappa shape index (κ3) is 1.52. The Morgan fingerprint density at radius 2 is 2.29 bits per heavy atom. The minimum atomic E-state index is 0.421. The van der Waals surface area contributed by atoms with Crippen LogP contribution in [0.15, 0.2) is 12.2 Å². The number of rotatable bonds is 0. The second-order valence-electron chi connectivity index (χ2n) is 1.88. The van der Waals surface area contributed by atoms with Crippen molar-refractivity contribution >= 4 is 11.6 Å². The lowest BCUT2D eigenvalue weighted by molar-refractivity contribution is 0.739. The average Bonchev–Trinajstić information content (AvgIpc) is 1.69. The molecule has 7 heavy (non-hydrogen) atoms. The van der Waals surface area contributed by atoms with Crippen molar-refractivity contribution in [2.75, 3.05) is 0 Å². The van der Waals surface area contributed by atoms with Gasteiger partial charge in [0, 0.05) is 5.38 Å². The normalized spacial score (nSPS) is 30.7. The predicted octanol–water partition coefficient (Wildman–Crippen LogP) is 2.33. The highest BCUT2D eigenvalue weighted by Crippen LogP contribution is 2.15. The molecule has 1 heteroatoms. The quantitative estimate of drug-likeness (QED) is 0.337. The molecule has 0 amide bonds. The second kappa shape index (κ2) is 2.37. The van der Waals surface area contributed by atoms with Crippen LogP contribution in [0.2, 0.25) is 0 Å². The van der Waals surface area contributed by atoms with E-state index in [9.17, 15) is 0 Å². The zero-order valence-electron chi connectivity index (χ0n) is 4.23. The summed E-state index contributed by atoms with van der Waals surface area (Å²) >= 11 is 5.77. The van der Waals surface area contributed by atoms with Crippen molar-refractivity contribution in [2.45, 2.75) is 24.6 Å². The number of hydrogen-bond acceptors (Lipinski definition) is 0. The zero-order chi connectivity index (χ0) is 5.11. The van der Waals surface area contributed by atoms with Crippen molar-refractivity contribution in [1.82, 2.24) is 0 Å². The van der Waals surface area contributed by atoms with E-state index in [1.54, 1.807) is 0 Å². The largest absolute Gasteiger partial charge is 0.123 e. The van der Waals surface area contributed by atoms with Gasteiger partial charge in [0.2, 0.25) is 0 Å². The summed E-state index contributed by atoms with van der Waals surface area (Å²) < 4.78 is 0. The standard InChI is InChI=1S/C6H9Cl/c7-6-4-2-1-3-5-6/h1-2,6H,3-5H2. The highest BCUT2D eigenvalue weighted by molar-refractivity contribution is 6.20. The molecule has 0 nitrogen and oxygen atoms in total. The van der Waals surface area contributed by atoms with Crippen LogP contribution in [-0.4, -0.2) is 5.38 Å². The average molecular weight is 117 g/mol. The van der Waals surface area contributed by atoms with Gasteiger partial charge in [-0.3, -0.25) is 0 Å². The molecule has 0 aromatic rings. The molecule has 1 atom stereocenters. The summed E-state index contributed by atoms with van der Waals surface area (Å²) in [6.45, 7) is 0. The first kappa shape index (κ1) is 5.17. The number of halogens is 1. The maximum Gasteiger partial charge on any atom is 0.0373 e. The molecule has 0 aromatic heterocycles. The molecular formula is C6H9Cl. The van der Waals surface area contributed by atoms with Crippen LogP contribution in [0.1, 0.15) is 19.3 Å². The minimum Gasteiger partial charge on any atom is -0.123 e. The van der Waals surface area contributed by atoms with Crippen LogP contribution in [0.5, 0.6) is 0 Å². The van der Waals surface area contributed by atoms with E-state index in [4.69, 9.17) is 11.6 Å². The molecule has 0 bridgehead atoms. The summed E-state index contributed by atoms with van der Waals surface area (Å²) in [6.07, 6.45) is 7.76. The Hall–Kier alpha value is 0.0300. The first-order chi connectivity index (χ1) is 3.39. The molecule has 1 aliphatic rings. The minimum absolute atomic E-state index is 0.421. The van der Waals surface area contributed by atoms with E-state index in [1.165, 1.54) is 6.42 Å². The van der Waals surface area contributed by atoms with Gasteiger partial charge < -0.3 is 0 Å². The smallest absolute Gasteiger partial charge is 0.0373 e. The topological polar surface area (TPSA) is 0 Å². The van der Waals surface area contributed by atoms with Crippen LogP contribution >= 0.6 is 11.6 Å². The second-order valence-corrected chi connectivity index (χ2v) is 2.50. The molecule has 0 spiro atoms. The fraction of sp³-hybridized carbons (Fsp3) is 0.667. The molecule has 0 aromatic carbocycles. The third-order valence-corrected chi connectivity index (χ3v) is 1.60. The lowest BCUT2D eigenvalue weighted by Gasteiger charge is -2.07. The number of hydrogen-bond donors (Lipinski definition) is 0. The first-order valence-corrected chi connectivity index (χ1v) is 3.12. The number of alkyl halides is 1. The molecule has 40 valence electrons. The number of allylic oxidation sites excluding steroid dienone is 2. The highest BCUT2D eigenvalue weighted by atomic mass is 35.5. The van der Waals surface area contributed by atoms with Crippen molar-refractivity contribution in [1.29, 1.82) is 0 Å². The van der Waals surface area contributed by atoms with Gasteiger partial charge in [-0.15, -0.1) is 11.6 Å². The van der Waals surface area contributed by atoms with E-state index >= 15 is 0 Å². The Balaban J connectivity index is 2.32. The summed E-state index contributed by atoms with van der Waals surface area (Å²) in [6, 6.07) is 0.